The van der Waals surface area contributed by atoms with Crippen molar-refractivity contribution in [2.24, 2.45) is 0 Å². The van der Waals surface area contributed by atoms with Crippen LogP contribution in [0.4, 0.5) is 11.4 Å². The quantitative estimate of drug-likeness (QED) is 0.567. The van der Waals surface area contributed by atoms with E-state index in [0.29, 0.717) is 17.8 Å². The standard InChI is InChI=1S/C24H25N3O2/c1-17-8-11-22(14-18(17)2)25-16-23(28)27-21-12-9-20(10-13-21)24(29)26-15-19-6-4-3-5-7-19/h3-14,25H,15-16H2,1-2H3,(H,26,29)(H,27,28). The van der Waals surface area contributed by atoms with E-state index in [1.807, 2.05) is 55.5 Å². The second-order valence-corrected chi connectivity index (χ2v) is 6.95. The van der Waals surface area contributed by atoms with Crippen molar-refractivity contribution >= 4 is 23.2 Å². The average molecular weight is 387 g/mol. The van der Waals surface area contributed by atoms with Gasteiger partial charge in [-0.1, -0.05) is 36.4 Å². The molecule has 0 heterocycles. The largest absolute Gasteiger partial charge is 0.376 e. The van der Waals surface area contributed by atoms with E-state index in [4.69, 9.17) is 0 Å². The number of aryl methyl sites for hydroxylation is 2. The van der Waals surface area contributed by atoms with Gasteiger partial charge in [-0.05, 0) is 66.9 Å². The maximum atomic E-state index is 12.3. The zero-order valence-electron chi connectivity index (χ0n) is 16.7. The highest BCUT2D eigenvalue weighted by Crippen LogP contribution is 2.14. The summed E-state index contributed by atoms with van der Waals surface area (Å²) in [5.74, 6) is -0.298. The lowest BCUT2D eigenvalue weighted by molar-refractivity contribution is -0.114. The van der Waals surface area contributed by atoms with Crippen LogP contribution in [0.5, 0.6) is 0 Å². The summed E-state index contributed by atoms with van der Waals surface area (Å²) in [6, 6.07) is 22.6. The fourth-order valence-corrected chi connectivity index (χ4v) is 2.82. The van der Waals surface area contributed by atoms with Crippen LogP contribution in [0, 0.1) is 13.8 Å². The molecule has 0 saturated heterocycles. The minimum absolute atomic E-state index is 0.149. The van der Waals surface area contributed by atoms with Gasteiger partial charge in [-0.25, -0.2) is 0 Å². The molecule has 3 aromatic carbocycles. The monoisotopic (exact) mass is 387 g/mol. The van der Waals surface area contributed by atoms with Gasteiger partial charge in [0.25, 0.3) is 5.91 Å². The molecule has 0 aliphatic carbocycles. The van der Waals surface area contributed by atoms with Gasteiger partial charge in [-0.2, -0.15) is 0 Å². The van der Waals surface area contributed by atoms with E-state index in [-0.39, 0.29) is 18.4 Å². The van der Waals surface area contributed by atoms with E-state index in [9.17, 15) is 9.59 Å². The Bertz CT molecular complexity index is 983. The van der Waals surface area contributed by atoms with Gasteiger partial charge in [0.2, 0.25) is 5.91 Å². The number of amides is 2. The molecule has 0 spiro atoms. The Labute approximate surface area is 171 Å². The van der Waals surface area contributed by atoms with Crippen molar-refractivity contribution in [2.45, 2.75) is 20.4 Å². The molecule has 2 amide bonds. The topological polar surface area (TPSA) is 70.2 Å². The molecule has 0 aliphatic rings. The number of carbonyl (C=O) groups is 2. The molecule has 0 aromatic heterocycles. The minimum Gasteiger partial charge on any atom is -0.376 e. The fraction of sp³-hybridized carbons (Fsp3) is 0.167. The van der Waals surface area contributed by atoms with Crippen molar-refractivity contribution in [1.82, 2.24) is 5.32 Å². The van der Waals surface area contributed by atoms with Crippen molar-refractivity contribution in [3.63, 3.8) is 0 Å². The number of hydrogen-bond donors (Lipinski definition) is 3. The van der Waals surface area contributed by atoms with Crippen LogP contribution in [-0.2, 0) is 11.3 Å². The summed E-state index contributed by atoms with van der Waals surface area (Å²) in [5.41, 5.74) is 5.54. The van der Waals surface area contributed by atoms with Crippen molar-refractivity contribution < 1.29 is 9.59 Å². The molecule has 0 radical (unpaired) electrons. The Kier molecular flexibility index (Phi) is 6.63. The first-order chi connectivity index (χ1) is 14.0. The molecule has 3 aromatic rings. The third-order valence-corrected chi connectivity index (χ3v) is 4.69. The van der Waals surface area contributed by atoms with Gasteiger partial charge in [-0.15, -0.1) is 0 Å². The first-order valence-corrected chi connectivity index (χ1v) is 9.54. The van der Waals surface area contributed by atoms with Crippen molar-refractivity contribution in [3.05, 3.63) is 95.1 Å². The van der Waals surface area contributed by atoms with Gasteiger partial charge in [-0.3, -0.25) is 9.59 Å². The van der Waals surface area contributed by atoms with E-state index < -0.39 is 0 Å². The molecule has 0 bridgehead atoms. The van der Waals surface area contributed by atoms with E-state index in [1.165, 1.54) is 11.1 Å². The summed E-state index contributed by atoms with van der Waals surface area (Å²) in [4.78, 5) is 24.4. The summed E-state index contributed by atoms with van der Waals surface area (Å²) in [6.07, 6.45) is 0. The average Bonchev–Trinajstić information content (AvgIpc) is 2.74. The number of hydrogen-bond acceptors (Lipinski definition) is 3. The lowest BCUT2D eigenvalue weighted by atomic mass is 10.1. The smallest absolute Gasteiger partial charge is 0.251 e. The highest BCUT2D eigenvalue weighted by molar-refractivity contribution is 5.96. The zero-order chi connectivity index (χ0) is 20.6. The van der Waals surface area contributed by atoms with Gasteiger partial charge in [0.05, 0.1) is 6.54 Å². The molecular formula is C24H25N3O2. The third-order valence-electron chi connectivity index (χ3n) is 4.69. The van der Waals surface area contributed by atoms with Crippen molar-refractivity contribution in [1.29, 1.82) is 0 Å². The molecule has 0 atom stereocenters. The highest BCUT2D eigenvalue weighted by Gasteiger charge is 2.07. The van der Waals surface area contributed by atoms with E-state index >= 15 is 0 Å². The number of nitrogens with one attached hydrogen (secondary N) is 3. The predicted octanol–water partition coefficient (Wildman–Crippen LogP) is 4.28. The maximum Gasteiger partial charge on any atom is 0.251 e. The summed E-state index contributed by atoms with van der Waals surface area (Å²) < 4.78 is 0. The third kappa shape index (κ3) is 5.94. The summed E-state index contributed by atoms with van der Waals surface area (Å²) >= 11 is 0. The van der Waals surface area contributed by atoms with E-state index in [2.05, 4.69) is 22.9 Å². The SMILES string of the molecule is Cc1ccc(NCC(=O)Nc2ccc(C(=O)NCc3ccccc3)cc2)cc1C. The molecular weight excluding hydrogens is 362 g/mol. The van der Waals surface area contributed by atoms with Crippen LogP contribution in [0.15, 0.2) is 72.8 Å². The lowest BCUT2D eigenvalue weighted by Crippen LogP contribution is -2.23. The molecule has 3 rings (SSSR count). The van der Waals surface area contributed by atoms with Gasteiger partial charge in [0, 0.05) is 23.5 Å². The molecule has 5 heteroatoms. The number of carbonyl (C=O) groups excluding carboxylic acids is 2. The van der Waals surface area contributed by atoms with Crippen LogP contribution in [0.2, 0.25) is 0 Å². The Balaban J connectivity index is 1.48. The number of anilines is 2. The maximum absolute atomic E-state index is 12.3. The number of benzene rings is 3. The zero-order valence-corrected chi connectivity index (χ0v) is 16.7. The van der Waals surface area contributed by atoms with E-state index in [0.717, 1.165) is 11.3 Å². The van der Waals surface area contributed by atoms with Crippen LogP contribution in [0.25, 0.3) is 0 Å². The molecule has 3 N–H and O–H groups in total. The molecule has 5 nitrogen and oxygen atoms in total. The predicted molar refractivity (Wildman–Crippen MR) is 117 cm³/mol. The van der Waals surface area contributed by atoms with Crippen LogP contribution >= 0.6 is 0 Å². The minimum atomic E-state index is -0.150. The van der Waals surface area contributed by atoms with Crippen molar-refractivity contribution in [2.75, 3.05) is 17.2 Å². The van der Waals surface area contributed by atoms with Crippen LogP contribution in [0.1, 0.15) is 27.0 Å². The Hall–Kier alpha value is -3.60. The fourth-order valence-electron chi connectivity index (χ4n) is 2.82. The van der Waals surface area contributed by atoms with Gasteiger partial charge in [0.1, 0.15) is 0 Å². The summed E-state index contributed by atoms with van der Waals surface area (Å²) in [7, 11) is 0. The summed E-state index contributed by atoms with van der Waals surface area (Å²) in [5, 5.41) is 8.83. The first-order valence-electron chi connectivity index (χ1n) is 9.54. The number of rotatable bonds is 7. The lowest BCUT2D eigenvalue weighted by Gasteiger charge is -2.10. The Morgan fingerprint density at radius 2 is 1.48 bits per heavy atom. The van der Waals surface area contributed by atoms with Crippen LogP contribution in [0.3, 0.4) is 0 Å². The Morgan fingerprint density at radius 1 is 0.793 bits per heavy atom. The molecule has 0 aliphatic heterocycles. The molecule has 0 unspecified atom stereocenters. The normalized spacial score (nSPS) is 10.3. The second kappa shape index (κ2) is 9.55. The van der Waals surface area contributed by atoms with Crippen LogP contribution < -0.4 is 16.0 Å². The van der Waals surface area contributed by atoms with Gasteiger partial charge < -0.3 is 16.0 Å². The molecule has 29 heavy (non-hydrogen) atoms. The second-order valence-electron chi connectivity index (χ2n) is 6.95. The van der Waals surface area contributed by atoms with Gasteiger partial charge in [0.15, 0.2) is 0 Å². The summed E-state index contributed by atoms with van der Waals surface area (Å²) in [6.45, 7) is 4.74. The van der Waals surface area contributed by atoms with Crippen LogP contribution in [-0.4, -0.2) is 18.4 Å². The Morgan fingerprint density at radius 3 is 2.17 bits per heavy atom. The first kappa shape index (κ1) is 20.1. The van der Waals surface area contributed by atoms with Crippen molar-refractivity contribution in [3.8, 4) is 0 Å². The van der Waals surface area contributed by atoms with Gasteiger partial charge >= 0.3 is 0 Å². The highest BCUT2D eigenvalue weighted by atomic mass is 16.2. The van der Waals surface area contributed by atoms with E-state index in [1.54, 1.807) is 24.3 Å². The molecule has 0 fully saturated rings. The molecule has 0 saturated carbocycles. The molecule has 148 valence electrons.